The van der Waals surface area contributed by atoms with Gasteiger partial charge in [0.25, 0.3) is 5.91 Å². The second-order valence-electron chi connectivity index (χ2n) is 11.2. The molecule has 214 valence electrons. The Morgan fingerprint density at radius 1 is 1.12 bits per heavy atom. The third-order valence-electron chi connectivity index (χ3n) is 6.59. The molecule has 1 aliphatic rings. The summed E-state index contributed by atoms with van der Waals surface area (Å²) in [5, 5.41) is 15.5. The first-order valence-corrected chi connectivity index (χ1v) is 13.4. The monoisotopic (exact) mass is 551 g/mol. The number of amides is 2. The average Bonchev–Trinajstić information content (AvgIpc) is 3.69. The fourth-order valence-corrected chi connectivity index (χ4v) is 4.54. The number of aromatic hydroxyl groups is 1. The maximum Gasteiger partial charge on any atom is 0.332 e. The third-order valence-corrected chi connectivity index (χ3v) is 6.59. The lowest BCUT2D eigenvalue weighted by Crippen LogP contribution is -2.31. The highest BCUT2D eigenvalue weighted by Crippen LogP contribution is 2.41. The Labute approximate surface area is 233 Å². The summed E-state index contributed by atoms with van der Waals surface area (Å²) in [6.07, 6.45) is 3.40. The van der Waals surface area contributed by atoms with Gasteiger partial charge >= 0.3 is 5.97 Å². The minimum absolute atomic E-state index is 0.00629. The van der Waals surface area contributed by atoms with Crippen molar-refractivity contribution in [3.05, 3.63) is 48.2 Å². The number of fused-ring (bicyclic) bond motifs is 1. The van der Waals surface area contributed by atoms with E-state index < -0.39 is 17.9 Å². The normalized spacial score (nSPS) is 13.9. The molecular formula is C30H37N3O7. The molecule has 2 aromatic carbocycles. The lowest BCUT2D eigenvalue weighted by molar-refractivity contribution is -0.160. The van der Waals surface area contributed by atoms with Gasteiger partial charge in [-0.25, -0.2) is 4.79 Å². The van der Waals surface area contributed by atoms with E-state index in [1.54, 1.807) is 41.1 Å². The number of carbonyl (C=O) groups excluding carboxylic acids is 3. The molecule has 1 aromatic heterocycles. The largest absolute Gasteiger partial charge is 0.494 e. The minimum atomic E-state index is -0.717. The summed E-state index contributed by atoms with van der Waals surface area (Å²) >= 11 is 0. The predicted molar refractivity (Wildman–Crippen MR) is 150 cm³/mol. The molecule has 2 amide bonds. The lowest BCUT2D eigenvalue weighted by atomic mass is 9.93. The van der Waals surface area contributed by atoms with Gasteiger partial charge in [0.15, 0.2) is 11.5 Å². The Kier molecular flexibility index (Phi) is 8.56. The van der Waals surface area contributed by atoms with E-state index in [0.29, 0.717) is 40.1 Å². The molecule has 1 aliphatic carbocycles. The van der Waals surface area contributed by atoms with Crippen LogP contribution in [0, 0.1) is 11.3 Å². The molecule has 0 radical (unpaired) electrons. The van der Waals surface area contributed by atoms with E-state index in [2.05, 4.69) is 10.8 Å². The molecule has 4 rings (SSSR count). The molecule has 1 saturated carbocycles. The zero-order chi connectivity index (χ0) is 29.0. The summed E-state index contributed by atoms with van der Waals surface area (Å²) in [7, 11) is 1.54. The Morgan fingerprint density at radius 2 is 1.88 bits per heavy atom. The molecule has 0 bridgehead atoms. The number of anilines is 1. The molecule has 40 heavy (non-hydrogen) atoms. The summed E-state index contributed by atoms with van der Waals surface area (Å²) < 4.78 is 12.7. The van der Waals surface area contributed by atoms with Gasteiger partial charge in [0.05, 0.1) is 43.7 Å². The Morgan fingerprint density at radius 3 is 2.52 bits per heavy atom. The Hall–Kier alpha value is -4.21. The van der Waals surface area contributed by atoms with Crippen LogP contribution in [0.2, 0.25) is 0 Å². The molecule has 1 unspecified atom stereocenters. The number of aromatic nitrogens is 1. The van der Waals surface area contributed by atoms with E-state index in [-0.39, 0.29) is 36.0 Å². The second kappa shape index (κ2) is 11.9. The molecule has 1 heterocycles. The maximum absolute atomic E-state index is 13.0. The van der Waals surface area contributed by atoms with Crippen molar-refractivity contribution in [2.75, 3.05) is 19.0 Å². The van der Waals surface area contributed by atoms with E-state index in [1.165, 1.54) is 7.11 Å². The molecule has 1 atom stereocenters. The number of hydrogen-bond acceptors (Lipinski definition) is 7. The number of hydrogen-bond donors (Lipinski definition) is 3. The first-order chi connectivity index (χ1) is 19.0. The second-order valence-corrected chi connectivity index (χ2v) is 11.2. The number of rotatable bonds is 10. The van der Waals surface area contributed by atoms with Crippen LogP contribution in [0.3, 0.4) is 0 Å². The van der Waals surface area contributed by atoms with Crippen LogP contribution in [0.25, 0.3) is 10.8 Å². The highest BCUT2D eigenvalue weighted by Gasteiger charge is 2.31. The summed E-state index contributed by atoms with van der Waals surface area (Å²) in [5.74, 6) is -0.295. The van der Waals surface area contributed by atoms with Crippen molar-refractivity contribution in [3.63, 3.8) is 0 Å². The Bertz CT molecular complexity index is 1400. The number of ether oxygens (including phenoxy) is 2. The molecule has 10 nitrogen and oxygen atoms in total. The van der Waals surface area contributed by atoms with Crippen LogP contribution in [0.15, 0.2) is 42.6 Å². The summed E-state index contributed by atoms with van der Waals surface area (Å²) in [5.41, 5.74) is 3.10. The van der Waals surface area contributed by atoms with Gasteiger partial charge in [-0.1, -0.05) is 39.0 Å². The van der Waals surface area contributed by atoms with E-state index in [1.807, 2.05) is 33.8 Å². The summed E-state index contributed by atoms with van der Waals surface area (Å²) in [6.45, 7) is 7.94. The SMILES string of the molecule is CCOc1cc(C(CC(=O)NOC(=O)CC(C)(C)C)n2cc3cccc(NC(=O)C4CC4)c3c2O)ccc1OC. The molecule has 0 spiro atoms. The van der Waals surface area contributed by atoms with Crippen LogP contribution in [-0.2, 0) is 19.2 Å². The van der Waals surface area contributed by atoms with Gasteiger partial charge in [-0.3, -0.25) is 9.59 Å². The first kappa shape index (κ1) is 28.8. The number of carbonyl (C=O) groups is 3. The van der Waals surface area contributed by atoms with Crippen LogP contribution >= 0.6 is 0 Å². The molecule has 0 saturated heterocycles. The molecule has 3 aromatic rings. The first-order valence-electron chi connectivity index (χ1n) is 13.4. The van der Waals surface area contributed by atoms with E-state index in [4.69, 9.17) is 14.3 Å². The zero-order valence-electron chi connectivity index (χ0n) is 23.6. The van der Waals surface area contributed by atoms with Gasteiger partial charge in [-0.2, -0.15) is 5.48 Å². The van der Waals surface area contributed by atoms with Crippen molar-refractivity contribution >= 4 is 34.2 Å². The summed E-state index contributed by atoms with van der Waals surface area (Å²) in [6, 6.07) is 9.91. The van der Waals surface area contributed by atoms with Crippen molar-refractivity contribution in [2.24, 2.45) is 11.3 Å². The highest BCUT2D eigenvalue weighted by atomic mass is 16.7. The van der Waals surface area contributed by atoms with E-state index in [9.17, 15) is 19.5 Å². The van der Waals surface area contributed by atoms with Gasteiger partial charge in [-0.05, 0) is 48.9 Å². The number of nitrogens with zero attached hydrogens (tertiary/aromatic N) is 1. The van der Waals surface area contributed by atoms with Crippen molar-refractivity contribution in [3.8, 4) is 17.4 Å². The van der Waals surface area contributed by atoms with Crippen LogP contribution in [-0.4, -0.2) is 41.2 Å². The molecular weight excluding hydrogens is 514 g/mol. The molecule has 10 heteroatoms. The minimum Gasteiger partial charge on any atom is -0.494 e. The van der Waals surface area contributed by atoms with Crippen LogP contribution in [0.4, 0.5) is 5.69 Å². The third kappa shape index (κ3) is 6.86. The summed E-state index contributed by atoms with van der Waals surface area (Å²) in [4.78, 5) is 42.7. The van der Waals surface area contributed by atoms with E-state index in [0.717, 1.165) is 12.8 Å². The fourth-order valence-electron chi connectivity index (χ4n) is 4.54. The molecule has 1 fully saturated rings. The number of benzene rings is 2. The van der Waals surface area contributed by atoms with Gasteiger partial charge in [0.2, 0.25) is 11.8 Å². The van der Waals surface area contributed by atoms with Crippen molar-refractivity contribution < 1.29 is 33.8 Å². The fraction of sp³-hybridized carbons (Fsp3) is 0.433. The standard InChI is InChI=1S/C30H37N3O7/c1-6-39-24-14-19(12-13-23(24)38-5)22(15-25(34)32-40-26(35)16-30(2,3)4)33-17-20-8-7-9-21(27(20)29(33)37)31-28(36)18-10-11-18/h7-9,12-14,17-18,22,37H,6,10-11,15-16H2,1-5H3,(H,31,36)(H,32,34). The van der Waals surface area contributed by atoms with Crippen LogP contribution < -0.4 is 20.3 Å². The van der Waals surface area contributed by atoms with Gasteiger partial charge < -0.3 is 29.3 Å². The van der Waals surface area contributed by atoms with E-state index >= 15 is 0 Å². The van der Waals surface area contributed by atoms with Crippen molar-refractivity contribution in [2.45, 2.75) is 59.4 Å². The smallest absolute Gasteiger partial charge is 0.332 e. The van der Waals surface area contributed by atoms with Crippen molar-refractivity contribution in [1.29, 1.82) is 0 Å². The van der Waals surface area contributed by atoms with Crippen LogP contribution in [0.5, 0.6) is 17.4 Å². The van der Waals surface area contributed by atoms with Gasteiger partial charge in [-0.15, -0.1) is 0 Å². The topological polar surface area (TPSA) is 128 Å². The number of methoxy groups -OCH3 is 1. The van der Waals surface area contributed by atoms with Gasteiger partial charge in [0.1, 0.15) is 0 Å². The number of hydroxylamine groups is 1. The molecule has 0 aliphatic heterocycles. The van der Waals surface area contributed by atoms with Gasteiger partial charge in [0, 0.05) is 17.5 Å². The average molecular weight is 552 g/mol. The lowest BCUT2D eigenvalue weighted by Gasteiger charge is -2.22. The zero-order valence-corrected chi connectivity index (χ0v) is 23.6. The molecule has 3 N–H and O–H groups in total. The predicted octanol–water partition coefficient (Wildman–Crippen LogP) is 5.09. The van der Waals surface area contributed by atoms with Crippen LogP contribution in [0.1, 0.15) is 65.0 Å². The quantitative estimate of drug-likeness (QED) is 0.299. The number of nitrogens with one attached hydrogen (secondary N) is 2. The maximum atomic E-state index is 13.0. The Balaban J connectivity index is 1.69. The van der Waals surface area contributed by atoms with Crippen molar-refractivity contribution in [1.82, 2.24) is 10.0 Å². The highest BCUT2D eigenvalue weighted by molar-refractivity contribution is 6.06.